The summed E-state index contributed by atoms with van der Waals surface area (Å²) in [7, 11) is 0. The van der Waals surface area contributed by atoms with Crippen molar-refractivity contribution in [2.24, 2.45) is 11.8 Å². The summed E-state index contributed by atoms with van der Waals surface area (Å²) in [6.45, 7) is 8.41. The van der Waals surface area contributed by atoms with E-state index in [1.165, 1.54) is 19.3 Å². The molecule has 1 saturated carbocycles. The molecular weight excluding hydrogens is 238 g/mol. The molecule has 2 rings (SSSR count). The normalized spacial score (nSPS) is 24.5. The molecule has 19 heavy (non-hydrogen) atoms. The molecular formula is C16H29NO2. The van der Waals surface area contributed by atoms with E-state index in [0.717, 1.165) is 50.6 Å². The minimum absolute atomic E-state index is 0.0772. The van der Waals surface area contributed by atoms with Crippen molar-refractivity contribution in [1.82, 2.24) is 4.90 Å². The van der Waals surface area contributed by atoms with E-state index in [4.69, 9.17) is 4.74 Å². The van der Waals surface area contributed by atoms with E-state index in [-0.39, 0.29) is 11.7 Å². The van der Waals surface area contributed by atoms with Gasteiger partial charge in [-0.1, -0.05) is 20.3 Å². The minimum atomic E-state index is -0.204. The van der Waals surface area contributed by atoms with Gasteiger partial charge in [0.05, 0.1) is 0 Å². The van der Waals surface area contributed by atoms with E-state index in [9.17, 15) is 4.79 Å². The highest BCUT2D eigenvalue weighted by atomic mass is 16.6. The van der Waals surface area contributed by atoms with Crippen LogP contribution in [0.4, 0.5) is 4.79 Å². The second kappa shape index (κ2) is 6.15. The molecule has 1 saturated heterocycles. The molecule has 2 aliphatic rings. The summed E-state index contributed by atoms with van der Waals surface area (Å²) in [5, 5.41) is 0. The number of carbonyl (C=O) groups excluding carboxylic acids is 1. The number of likely N-dealkylation sites (tertiary alicyclic amines) is 1. The van der Waals surface area contributed by atoms with E-state index >= 15 is 0 Å². The predicted octanol–water partition coefficient (Wildman–Crippen LogP) is 4.21. The third-order valence-corrected chi connectivity index (χ3v) is 4.99. The van der Waals surface area contributed by atoms with Gasteiger partial charge in [-0.15, -0.1) is 0 Å². The zero-order valence-electron chi connectivity index (χ0n) is 12.8. The Morgan fingerprint density at radius 2 is 1.74 bits per heavy atom. The van der Waals surface area contributed by atoms with Crippen molar-refractivity contribution in [1.29, 1.82) is 0 Å². The van der Waals surface area contributed by atoms with Crippen LogP contribution in [0.25, 0.3) is 0 Å². The van der Waals surface area contributed by atoms with Gasteiger partial charge in [0.15, 0.2) is 0 Å². The lowest BCUT2D eigenvalue weighted by atomic mass is 9.86. The number of amides is 1. The summed E-state index contributed by atoms with van der Waals surface area (Å²) in [4.78, 5) is 14.2. The maximum Gasteiger partial charge on any atom is 0.410 e. The summed E-state index contributed by atoms with van der Waals surface area (Å²) in [6, 6.07) is 0. The van der Waals surface area contributed by atoms with E-state index in [0.29, 0.717) is 0 Å². The topological polar surface area (TPSA) is 29.5 Å². The number of hydrogen-bond acceptors (Lipinski definition) is 2. The van der Waals surface area contributed by atoms with Crippen molar-refractivity contribution in [3.8, 4) is 0 Å². The highest BCUT2D eigenvalue weighted by Gasteiger charge is 2.33. The lowest BCUT2D eigenvalue weighted by molar-refractivity contribution is -0.0254. The molecule has 110 valence electrons. The third-order valence-electron chi connectivity index (χ3n) is 4.99. The van der Waals surface area contributed by atoms with Crippen molar-refractivity contribution >= 4 is 6.09 Å². The van der Waals surface area contributed by atoms with Crippen LogP contribution in [0.15, 0.2) is 0 Å². The van der Waals surface area contributed by atoms with Crippen molar-refractivity contribution in [3.05, 3.63) is 0 Å². The Bertz CT molecular complexity index is 300. The van der Waals surface area contributed by atoms with E-state index in [1.807, 2.05) is 4.90 Å². The van der Waals surface area contributed by atoms with Gasteiger partial charge in [0, 0.05) is 13.1 Å². The van der Waals surface area contributed by atoms with Crippen LogP contribution in [-0.2, 0) is 4.74 Å². The standard InChI is InChI=1S/C16H29NO2/c1-13(2)14-7-11-17(12-8-14)15(18)19-16(3)9-5-4-6-10-16/h13-14H,4-12H2,1-3H3. The lowest BCUT2D eigenvalue weighted by Crippen LogP contribution is -2.44. The first kappa shape index (κ1) is 14.7. The SMILES string of the molecule is CC(C)C1CCN(C(=O)OC2(C)CCCCC2)CC1. The second-order valence-electron chi connectivity index (χ2n) is 6.95. The predicted molar refractivity (Wildman–Crippen MR) is 77.1 cm³/mol. The van der Waals surface area contributed by atoms with Crippen LogP contribution in [0.2, 0.25) is 0 Å². The summed E-state index contributed by atoms with van der Waals surface area (Å²) in [5.41, 5.74) is -0.204. The molecule has 0 aromatic heterocycles. The van der Waals surface area contributed by atoms with E-state index in [2.05, 4.69) is 20.8 Å². The molecule has 0 radical (unpaired) electrons. The third kappa shape index (κ3) is 3.87. The number of rotatable bonds is 2. The maximum absolute atomic E-state index is 12.3. The van der Waals surface area contributed by atoms with Gasteiger partial charge in [-0.2, -0.15) is 0 Å². The highest BCUT2D eigenvalue weighted by Crippen LogP contribution is 2.32. The summed E-state index contributed by atoms with van der Waals surface area (Å²) < 4.78 is 5.80. The molecule has 0 aromatic carbocycles. The molecule has 2 fully saturated rings. The van der Waals surface area contributed by atoms with Crippen LogP contribution in [0, 0.1) is 11.8 Å². The van der Waals surface area contributed by atoms with Crippen molar-refractivity contribution in [2.45, 2.75) is 71.3 Å². The number of nitrogens with zero attached hydrogens (tertiary/aromatic N) is 1. The minimum Gasteiger partial charge on any atom is -0.443 e. The molecule has 1 heterocycles. The summed E-state index contributed by atoms with van der Waals surface area (Å²) in [6.07, 6.45) is 7.91. The molecule has 0 bridgehead atoms. The van der Waals surface area contributed by atoms with E-state index in [1.54, 1.807) is 0 Å². The molecule has 0 N–H and O–H groups in total. The zero-order valence-corrected chi connectivity index (χ0v) is 12.8. The van der Waals surface area contributed by atoms with Crippen molar-refractivity contribution < 1.29 is 9.53 Å². The molecule has 1 aliphatic heterocycles. The first-order valence-corrected chi connectivity index (χ1v) is 7.98. The molecule has 3 nitrogen and oxygen atoms in total. The first-order chi connectivity index (χ1) is 9.00. The lowest BCUT2D eigenvalue weighted by Gasteiger charge is -2.38. The average Bonchev–Trinajstić information content (AvgIpc) is 2.39. The number of carbonyl (C=O) groups is 1. The Labute approximate surface area is 117 Å². The molecule has 1 aliphatic carbocycles. The Kier molecular flexibility index (Phi) is 4.75. The first-order valence-electron chi connectivity index (χ1n) is 7.98. The highest BCUT2D eigenvalue weighted by molar-refractivity contribution is 5.68. The number of hydrogen-bond donors (Lipinski definition) is 0. The van der Waals surface area contributed by atoms with Gasteiger partial charge in [0.1, 0.15) is 5.60 Å². The molecule has 0 unspecified atom stereocenters. The van der Waals surface area contributed by atoms with Crippen LogP contribution < -0.4 is 0 Å². The quantitative estimate of drug-likeness (QED) is 0.750. The van der Waals surface area contributed by atoms with Crippen molar-refractivity contribution in [3.63, 3.8) is 0 Å². The largest absolute Gasteiger partial charge is 0.443 e. The smallest absolute Gasteiger partial charge is 0.410 e. The van der Waals surface area contributed by atoms with Crippen LogP contribution in [0.1, 0.15) is 65.7 Å². The van der Waals surface area contributed by atoms with E-state index < -0.39 is 0 Å². The zero-order chi connectivity index (χ0) is 13.9. The van der Waals surface area contributed by atoms with Crippen LogP contribution in [-0.4, -0.2) is 29.7 Å². The Morgan fingerprint density at radius 3 is 2.26 bits per heavy atom. The fourth-order valence-electron chi connectivity index (χ4n) is 3.43. The number of piperidine rings is 1. The molecule has 3 heteroatoms. The van der Waals surface area contributed by atoms with Gasteiger partial charge < -0.3 is 9.64 Å². The van der Waals surface area contributed by atoms with Crippen LogP contribution in [0.3, 0.4) is 0 Å². The monoisotopic (exact) mass is 267 g/mol. The fraction of sp³-hybridized carbons (Fsp3) is 0.938. The van der Waals surface area contributed by atoms with Gasteiger partial charge in [-0.25, -0.2) is 4.79 Å². The second-order valence-corrected chi connectivity index (χ2v) is 6.95. The van der Waals surface area contributed by atoms with Gasteiger partial charge >= 0.3 is 6.09 Å². The summed E-state index contributed by atoms with van der Waals surface area (Å²) >= 11 is 0. The van der Waals surface area contributed by atoms with Gasteiger partial charge in [0.2, 0.25) is 0 Å². The van der Waals surface area contributed by atoms with Crippen LogP contribution >= 0.6 is 0 Å². The molecule has 0 spiro atoms. The Morgan fingerprint density at radius 1 is 1.16 bits per heavy atom. The fourth-order valence-corrected chi connectivity index (χ4v) is 3.43. The van der Waals surface area contributed by atoms with Crippen molar-refractivity contribution in [2.75, 3.05) is 13.1 Å². The van der Waals surface area contributed by atoms with Crippen LogP contribution in [0.5, 0.6) is 0 Å². The maximum atomic E-state index is 12.3. The van der Waals surface area contributed by atoms with Gasteiger partial charge in [-0.05, 0) is 57.3 Å². The Hall–Kier alpha value is -0.730. The van der Waals surface area contributed by atoms with Gasteiger partial charge in [-0.3, -0.25) is 0 Å². The summed E-state index contributed by atoms with van der Waals surface area (Å²) in [5.74, 6) is 1.50. The molecule has 0 aromatic rings. The molecule has 1 amide bonds. The Balaban J connectivity index is 1.81. The van der Waals surface area contributed by atoms with Gasteiger partial charge in [0.25, 0.3) is 0 Å². The molecule has 0 atom stereocenters. The number of ether oxygens (including phenoxy) is 1. The average molecular weight is 267 g/mol.